The maximum absolute atomic E-state index is 13.5. The zero-order valence-corrected chi connectivity index (χ0v) is 19.5. The molecule has 0 aromatic heterocycles. The second-order valence-electron chi connectivity index (χ2n) is 8.11. The quantitative estimate of drug-likeness (QED) is 0.540. The number of ether oxygens (including phenoxy) is 2. The molecule has 7 heteroatoms. The largest absolute Gasteiger partial charge is 0.466 e. The van der Waals surface area contributed by atoms with Crippen molar-refractivity contribution in [3.05, 3.63) is 65.7 Å². The molecule has 0 saturated carbocycles. The molecule has 0 bridgehead atoms. The number of esters is 2. The summed E-state index contributed by atoms with van der Waals surface area (Å²) in [6, 6.07) is 16.3. The molecule has 2 aromatic carbocycles. The van der Waals surface area contributed by atoms with Crippen molar-refractivity contribution in [1.29, 1.82) is 0 Å². The molecule has 2 unspecified atom stereocenters. The molecule has 1 aliphatic rings. The van der Waals surface area contributed by atoms with Gasteiger partial charge in [-0.25, -0.2) is 9.59 Å². The highest BCUT2D eigenvalue weighted by Crippen LogP contribution is 2.33. The molecule has 33 heavy (non-hydrogen) atoms. The first-order valence-corrected chi connectivity index (χ1v) is 11.5. The number of fused-ring (bicyclic) bond motifs is 1. The van der Waals surface area contributed by atoms with Crippen LogP contribution in [0.4, 0.5) is 10.5 Å². The van der Waals surface area contributed by atoms with Gasteiger partial charge in [0.25, 0.3) is 0 Å². The summed E-state index contributed by atoms with van der Waals surface area (Å²) >= 11 is 0. The van der Waals surface area contributed by atoms with Crippen molar-refractivity contribution in [2.24, 2.45) is 5.92 Å². The van der Waals surface area contributed by atoms with E-state index < -0.39 is 17.9 Å². The Hall–Kier alpha value is -3.35. The summed E-state index contributed by atoms with van der Waals surface area (Å²) in [6.45, 7) is 4.23. The molecule has 0 N–H and O–H groups in total. The number of urea groups is 1. The minimum absolute atomic E-state index is 0.193. The number of anilines is 1. The average molecular weight is 453 g/mol. The van der Waals surface area contributed by atoms with Crippen molar-refractivity contribution in [3.63, 3.8) is 0 Å². The van der Waals surface area contributed by atoms with Crippen molar-refractivity contribution < 1.29 is 23.9 Å². The zero-order valence-electron chi connectivity index (χ0n) is 19.5. The third kappa shape index (κ3) is 5.92. The summed E-state index contributed by atoms with van der Waals surface area (Å²) in [7, 11) is 1.65. The van der Waals surface area contributed by atoms with Crippen LogP contribution in [-0.4, -0.2) is 55.7 Å². The lowest BCUT2D eigenvalue weighted by Crippen LogP contribution is -2.50. The molecule has 0 fully saturated rings. The molecule has 3 rings (SSSR count). The number of nitrogens with zero attached hydrogens (tertiary/aromatic N) is 2. The van der Waals surface area contributed by atoms with Crippen LogP contribution in [0.3, 0.4) is 0 Å². The first-order chi connectivity index (χ1) is 16.0. The molecular weight excluding hydrogens is 420 g/mol. The van der Waals surface area contributed by atoms with Gasteiger partial charge in [0.1, 0.15) is 6.04 Å². The average Bonchev–Trinajstić information content (AvgIpc) is 3.21. The SMILES string of the molecule is CCOC(=O)C(CCc1ccccc1)CN(C)C(=O)N1c2ccccc2CC1C(=O)OCC. The first-order valence-electron chi connectivity index (χ1n) is 11.5. The lowest BCUT2D eigenvalue weighted by Gasteiger charge is -2.30. The number of carbonyl (C=O) groups excluding carboxylic acids is 3. The molecule has 2 amide bonds. The second kappa shape index (κ2) is 11.5. The van der Waals surface area contributed by atoms with Gasteiger partial charge in [0.2, 0.25) is 0 Å². The molecule has 1 heterocycles. The molecule has 0 radical (unpaired) electrons. The summed E-state index contributed by atoms with van der Waals surface area (Å²) < 4.78 is 10.5. The summed E-state index contributed by atoms with van der Waals surface area (Å²) in [5.74, 6) is -1.23. The summed E-state index contributed by atoms with van der Waals surface area (Å²) in [4.78, 5) is 41.8. The van der Waals surface area contributed by atoms with Crippen molar-refractivity contribution in [1.82, 2.24) is 4.90 Å². The van der Waals surface area contributed by atoms with E-state index in [4.69, 9.17) is 9.47 Å². The van der Waals surface area contributed by atoms with E-state index in [-0.39, 0.29) is 31.8 Å². The van der Waals surface area contributed by atoms with E-state index in [1.165, 1.54) is 9.80 Å². The number of rotatable bonds is 9. The van der Waals surface area contributed by atoms with Crippen LogP contribution in [0.15, 0.2) is 54.6 Å². The van der Waals surface area contributed by atoms with E-state index in [9.17, 15) is 14.4 Å². The van der Waals surface area contributed by atoms with Gasteiger partial charge in [0.05, 0.1) is 19.1 Å². The standard InChI is InChI=1S/C26H32N2O5/c1-4-32-24(29)21(16-15-19-11-7-6-8-12-19)18-27(3)26(31)28-22-14-10-9-13-20(22)17-23(28)25(30)33-5-2/h6-14,21,23H,4-5,15-18H2,1-3H3. The van der Waals surface area contributed by atoms with Crippen LogP contribution in [0.5, 0.6) is 0 Å². The number of hydrogen-bond acceptors (Lipinski definition) is 5. The molecule has 0 saturated heterocycles. The molecule has 0 aliphatic carbocycles. The van der Waals surface area contributed by atoms with Gasteiger partial charge >= 0.3 is 18.0 Å². The lowest BCUT2D eigenvalue weighted by atomic mass is 9.99. The Morgan fingerprint density at radius 3 is 2.36 bits per heavy atom. The predicted octanol–water partition coefficient (Wildman–Crippen LogP) is 3.84. The number of para-hydroxylation sites is 1. The van der Waals surface area contributed by atoms with E-state index in [0.29, 0.717) is 24.9 Å². The van der Waals surface area contributed by atoms with Crippen LogP contribution in [-0.2, 0) is 31.9 Å². The van der Waals surface area contributed by atoms with Crippen LogP contribution < -0.4 is 4.90 Å². The van der Waals surface area contributed by atoms with Crippen LogP contribution in [0, 0.1) is 5.92 Å². The third-order valence-corrected chi connectivity index (χ3v) is 5.81. The topological polar surface area (TPSA) is 76.2 Å². The minimum atomic E-state index is -0.720. The highest BCUT2D eigenvalue weighted by Gasteiger charge is 2.41. The van der Waals surface area contributed by atoms with Gasteiger partial charge in [0, 0.05) is 25.7 Å². The Balaban J connectivity index is 1.76. The highest BCUT2D eigenvalue weighted by atomic mass is 16.5. The van der Waals surface area contributed by atoms with E-state index in [0.717, 1.165) is 11.1 Å². The molecule has 2 atom stereocenters. The molecule has 7 nitrogen and oxygen atoms in total. The first kappa shape index (κ1) is 24.3. The number of aryl methyl sites for hydroxylation is 1. The van der Waals surface area contributed by atoms with Gasteiger partial charge < -0.3 is 14.4 Å². The normalized spacial score (nSPS) is 15.5. The minimum Gasteiger partial charge on any atom is -0.466 e. The predicted molar refractivity (Wildman–Crippen MR) is 126 cm³/mol. The van der Waals surface area contributed by atoms with Gasteiger partial charge in [-0.05, 0) is 43.9 Å². The van der Waals surface area contributed by atoms with Crippen molar-refractivity contribution >= 4 is 23.7 Å². The van der Waals surface area contributed by atoms with E-state index in [2.05, 4.69) is 0 Å². The van der Waals surface area contributed by atoms with Crippen molar-refractivity contribution in [3.8, 4) is 0 Å². The van der Waals surface area contributed by atoms with Gasteiger partial charge in [-0.3, -0.25) is 9.69 Å². The summed E-state index contributed by atoms with van der Waals surface area (Å²) in [6.07, 6.45) is 1.66. The number of benzene rings is 2. The van der Waals surface area contributed by atoms with E-state index in [1.807, 2.05) is 54.6 Å². The fraction of sp³-hybridized carbons (Fsp3) is 0.423. The summed E-state index contributed by atoms with van der Waals surface area (Å²) in [5, 5.41) is 0. The third-order valence-electron chi connectivity index (χ3n) is 5.81. The smallest absolute Gasteiger partial charge is 0.329 e. The van der Waals surface area contributed by atoms with Crippen LogP contribution >= 0.6 is 0 Å². The molecular formula is C26H32N2O5. The lowest BCUT2D eigenvalue weighted by molar-refractivity contribution is -0.148. The fourth-order valence-corrected chi connectivity index (χ4v) is 4.17. The molecule has 176 valence electrons. The Bertz CT molecular complexity index is 962. The fourth-order valence-electron chi connectivity index (χ4n) is 4.17. The Morgan fingerprint density at radius 2 is 1.67 bits per heavy atom. The van der Waals surface area contributed by atoms with E-state index >= 15 is 0 Å². The van der Waals surface area contributed by atoms with Crippen molar-refractivity contribution in [2.75, 3.05) is 31.7 Å². The highest BCUT2D eigenvalue weighted by molar-refractivity contribution is 6.01. The molecule has 2 aromatic rings. The Labute approximate surface area is 195 Å². The van der Waals surface area contributed by atoms with Gasteiger partial charge in [-0.15, -0.1) is 0 Å². The Kier molecular flexibility index (Phi) is 8.46. The van der Waals surface area contributed by atoms with Gasteiger partial charge in [-0.2, -0.15) is 0 Å². The number of hydrogen-bond donors (Lipinski definition) is 0. The zero-order chi connectivity index (χ0) is 23.8. The summed E-state index contributed by atoms with van der Waals surface area (Å²) in [5.41, 5.74) is 2.74. The molecule has 1 aliphatic heterocycles. The second-order valence-corrected chi connectivity index (χ2v) is 8.11. The Morgan fingerprint density at radius 1 is 1.00 bits per heavy atom. The van der Waals surface area contributed by atoms with Crippen LogP contribution in [0.1, 0.15) is 31.4 Å². The van der Waals surface area contributed by atoms with Crippen molar-refractivity contribution in [2.45, 2.75) is 39.2 Å². The van der Waals surface area contributed by atoms with Crippen LogP contribution in [0.2, 0.25) is 0 Å². The number of amides is 2. The maximum Gasteiger partial charge on any atom is 0.329 e. The monoisotopic (exact) mass is 452 g/mol. The van der Waals surface area contributed by atoms with E-state index in [1.54, 1.807) is 20.9 Å². The molecule has 0 spiro atoms. The number of carbonyl (C=O) groups is 3. The van der Waals surface area contributed by atoms with Gasteiger partial charge in [-0.1, -0.05) is 48.5 Å². The maximum atomic E-state index is 13.5. The van der Waals surface area contributed by atoms with Gasteiger partial charge in [0.15, 0.2) is 0 Å². The van der Waals surface area contributed by atoms with Crippen LogP contribution in [0.25, 0.3) is 0 Å².